The van der Waals surface area contributed by atoms with Gasteiger partial charge in [0.25, 0.3) is 0 Å². The van der Waals surface area contributed by atoms with Crippen molar-refractivity contribution in [1.82, 2.24) is 0 Å². The molecule has 1 atom stereocenters. The highest BCUT2D eigenvalue weighted by atomic mass is 32.1. The van der Waals surface area contributed by atoms with Gasteiger partial charge in [0, 0.05) is 9.75 Å². The molecule has 1 rings (SSSR count). The van der Waals surface area contributed by atoms with Crippen molar-refractivity contribution in [2.75, 3.05) is 6.35 Å². The van der Waals surface area contributed by atoms with Gasteiger partial charge in [-0.25, -0.2) is 0 Å². The second-order valence-electron chi connectivity index (χ2n) is 6.38. The van der Waals surface area contributed by atoms with E-state index in [0.717, 1.165) is 17.7 Å². The summed E-state index contributed by atoms with van der Waals surface area (Å²) in [4.78, 5) is 11.8. The molecule has 0 saturated carbocycles. The highest BCUT2D eigenvalue weighted by Gasteiger charge is 2.21. The zero-order chi connectivity index (χ0) is 18.2. The molecule has 0 amide bonds. The van der Waals surface area contributed by atoms with E-state index in [1.807, 2.05) is 6.07 Å². The van der Waals surface area contributed by atoms with Gasteiger partial charge in [0.15, 0.2) is 0 Å². The Labute approximate surface area is 149 Å². The van der Waals surface area contributed by atoms with E-state index in [1.54, 1.807) is 25.2 Å². The van der Waals surface area contributed by atoms with Crippen molar-refractivity contribution in [3.8, 4) is 0 Å². The zero-order valence-electron chi connectivity index (χ0n) is 15.2. The van der Waals surface area contributed by atoms with Crippen LogP contribution in [0.2, 0.25) is 0 Å². The van der Waals surface area contributed by atoms with Gasteiger partial charge >= 0.3 is 7.60 Å². The molecule has 4 nitrogen and oxygen atoms in total. The second kappa shape index (κ2) is 10.3. The minimum atomic E-state index is -3.66. The highest BCUT2D eigenvalue weighted by Crippen LogP contribution is 2.43. The standard InChI is InChI=1S/C18H29O4PS/c1-14(2)7-6-8-16(5)11-17-9-10-18(24-17)12-21-13-23(19,20)22-15(3)4/h7,9-11,15H,6,8,12-13H2,1-5H3,(H,19,20)/b16-11+. The number of thiophene rings is 1. The summed E-state index contributed by atoms with van der Waals surface area (Å²) >= 11 is 1.64. The first-order valence-electron chi connectivity index (χ1n) is 8.15. The molecule has 1 N–H and O–H groups in total. The van der Waals surface area contributed by atoms with Crippen LogP contribution in [0, 0.1) is 0 Å². The van der Waals surface area contributed by atoms with Crippen LogP contribution in [0.1, 0.15) is 57.2 Å². The first kappa shape index (κ1) is 21.3. The third kappa shape index (κ3) is 9.55. The van der Waals surface area contributed by atoms with Crippen LogP contribution in [-0.2, 0) is 20.4 Å². The molecule has 1 aromatic heterocycles. The summed E-state index contributed by atoms with van der Waals surface area (Å²) in [5, 5.41) is 0. The van der Waals surface area contributed by atoms with Crippen molar-refractivity contribution >= 4 is 25.0 Å². The lowest BCUT2D eigenvalue weighted by molar-refractivity contribution is 0.124. The van der Waals surface area contributed by atoms with Gasteiger partial charge in [-0.15, -0.1) is 11.3 Å². The Hall–Kier alpha value is -0.710. The third-order valence-corrected chi connectivity index (χ3v) is 5.30. The summed E-state index contributed by atoms with van der Waals surface area (Å²) < 4.78 is 22.0. The molecule has 6 heteroatoms. The Morgan fingerprint density at radius 2 is 2.04 bits per heavy atom. The first-order valence-corrected chi connectivity index (χ1v) is 10.7. The van der Waals surface area contributed by atoms with Crippen LogP contribution in [0.3, 0.4) is 0 Å². The maximum atomic E-state index is 11.7. The molecule has 0 aliphatic carbocycles. The number of rotatable bonds is 10. The summed E-state index contributed by atoms with van der Waals surface area (Å²) in [7, 11) is -3.66. The topological polar surface area (TPSA) is 55.8 Å². The second-order valence-corrected chi connectivity index (χ2v) is 9.33. The van der Waals surface area contributed by atoms with Gasteiger partial charge in [0.2, 0.25) is 0 Å². The average molecular weight is 372 g/mol. The molecular weight excluding hydrogens is 343 g/mol. The minimum absolute atomic E-state index is 0.282. The SMILES string of the molecule is CC(C)=CCC/C(C)=C/c1ccc(COCP(=O)(O)OC(C)C)s1. The quantitative estimate of drug-likeness (QED) is 0.405. The van der Waals surface area contributed by atoms with Gasteiger partial charge in [0.05, 0.1) is 12.7 Å². The Balaban J connectivity index is 2.46. The van der Waals surface area contributed by atoms with Crippen molar-refractivity contribution in [1.29, 1.82) is 0 Å². The zero-order valence-corrected chi connectivity index (χ0v) is 17.0. The fraction of sp³-hybridized carbons (Fsp3) is 0.556. The Morgan fingerprint density at radius 3 is 2.67 bits per heavy atom. The van der Waals surface area contributed by atoms with Crippen LogP contribution in [0.25, 0.3) is 6.08 Å². The number of hydrogen-bond donors (Lipinski definition) is 1. The molecular formula is C18H29O4PS. The van der Waals surface area contributed by atoms with Crippen LogP contribution < -0.4 is 0 Å². The molecule has 0 radical (unpaired) electrons. The molecule has 1 aromatic rings. The Bertz CT molecular complexity index is 612. The largest absolute Gasteiger partial charge is 0.363 e. The number of hydrogen-bond acceptors (Lipinski definition) is 4. The van der Waals surface area contributed by atoms with E-state index >= 15 is 0 Å². The monoisotopic (exact) mass is 372 g/mol. The van der Waals surface area contributed by atoms with Gasteiger partial charge in [-0.1, -0.05) is 17.2 Å². The lowest BCUT2D eigenvalue weighted by Gasteiger charge is -2.14. The van der Waals surface area contributed by atoms with E-state index in [4.69, 9.17) is 9.26 Å². The minimum Gasteiger partial charge on any atom is -0.363 e. The Morgan fingerprint density at radius 1 is 1.33 bits per heavy atom. The smallest absolute Gasteiger partial charge is 0.353 e. The van der Waals surface area contributed by atoms with Crippen LogP contribution in [-0.4, -0.2) is 17.3 Å². The predicted octanol–water partition coefficient (Wildman–Crippen LogP) is 5.98. The molecule has 0 saturated heterocycles. The molecule has 0 aromatic carbocycles. The lowest BCUT2D eigenvalue weighted by atomic mass is 10.1. The van der Waals surface area contributed by atoms with Crippen LogP contribution in [0.4, 0.5) is 0 Å². The summed E-state index contributed by atoms with van der Waals surface area (Å²) in [6, 6.07) is 4.04. The molecule has 0 fully saturated rings. The van der Waals surface area contributed by atoms with Gasteiger partial charge in [0.1, 0.15) is 6.35 Å². The number of allylic oxidation sites excluding steroid dienone is 3. The molecule has 1 heterocycles. The first-order chi connectivity index (χ1) is 11.2. The van der Waals surface area contributed by atoms with Crippen molar-refractivity contribution in [2.24, 2.45) is 0 Å². The van der Waals surface area contributed by atoms with Gasteiger partial charge in [-0.3, -0.25) is 4.57 Å². The van der Waals surface area contributed by atoms with Crippen molar-refractivity contribution in [3.63, 3.8) is 0 Å². The van der Waals surface area contributed by atoms with Crippen LogP contribution in [0.15, 0.2) is 29.4 Å². The summed E-state index contributed by atoms with van der Waals surface area (Å²) in [5.74, 6) is 0. The van der Waals surface area contributed by atoms with E-state index < -0.39 is 7.60 Å². The molecule has 0 spiro atoms. The summed E-state index contributed by atoms with van der Waals surface area (Å²) in [6.45, 7) is 10.1. The van der Waals surface area contributed by atoms with E-state index in [9.17, 15) is 9.46 Å². The average Bonchev–Trinajstić information content (AvgIpc) is 2.83. The molecule has 0 bridgehead atoms. The van der Waals surface area contributed by atoms with Crippen molar-refractivity contribution in [3.05, 3.63) is 39.1 Å². The van der Waals surface area contributed by atoms with Crippen LogP contribution >= 0.6 is 18.9 Å². The van der Waals surface area contributed by atoms with Gasteiger partial charge in [-0.05, 0) is 65.7 Å². The molecule has 0 aliphatic rings. The molecule has 24 heavy (non-hydrogen) atoms. The third-order valence-electron chi connectivity index (χ3n) is 3.04. The normalized spacial score (nSPS) is 14.7. The maximum Gasteiger partial charge on any atom is 0.353 e. The van der Waals surface area contributed by atoms with E-state index in [0.29, 0.717) is 6.61 Å². The fourth-order valence-electron chi connectivity index (χ4n) is 2.07. The highest BCUT2D eigenvalue weighted by molar-refractivity contribution is 7.52. The van der Waals surface area contributed by atoms with E-state index in [1.165, 1.54) is 16.0 Å². The maximum absolute atomic E-state index is 11.7. The number of ether oxygens (including phenoxy) is 1. The van der Waals surface area contributed by atoms with Crippen molar-refractivity contribution in [2.45, 2.75) is 60.2 Å². The predicted molar refractivity (Wildman–Crippen MR) is 102 cm³/mol. The van der Waals surface area contributed by atoms with Crippen LogP contribution in [0.5, 0.6) is 0 Å². The van der Waals surface area contributed by atoms with Crippen molar-refractivity contribution < 1.29 is 18.7 Å². The summed E-state index contributed by atoms with van der Waals surface area (Å²) in [5.41, 5.74) is 2.69. The van der Waals surface area contributed by atoms with E-state index in [2.05, 4.69) is 39.0 Å². The molecule has 136 valence electrons. The molecule has 0 aliphatic heterocycles. The van der Waals surface area contributed by atoms with Gasteiger partial charge < -0.3 is 14.2 Å². The fourth-order valence-corrected chi connectivity index (χ4v) is 4.09. The Kier molecular flexibility index (Phi) is 9.17. The lowest BCUT2D eigenvalue weighted by Crippen LogP contribution is -2.04. The van der Waals surface area contributed by atoms with Gasteiger partial charge in [-0.2, -0.15) is 0 Å². The molecule has 1 unspecified atom stereocenters. The summed E-state index contributed by atoms with van der Waals surface area (Å²) in [6.07, 6.45) is 5.97. The van der Waals surface area contributed by atoms with E-state index in [-0.39, 0.29) is 12.5 Å².